The van der Waals surface area contributed by atoms with Crippen LogP contribution in [0.2, 0.25) is 0 Å². The molecule has 1 saturated heterocycles. The lowest BCUT2D eigenvalue weighted by Gasteiger charge is -2.26. The number of amides is 1. The summed E-state index contributed by atoms with van der Waals surface area (Å²) in [6.07, 6.45) is 3.52. The SMILES string of the molecule is C=CCc1ccc(OCC(=O)NCCCN2CCOCC2)c(OC)c1. The van der Waals surface area contributed by atoms with Crippen LogP contribution >= 0.6 is 0 Å². The molecule has 1 aliphatic heterocycles. The summed E-state index contributed by atoms with van der Waals surface area (Å²) in [6.45, 7) is 8.87. The largest absolute Gasteiger partial charge is 0.493 e. The Labute approximate surface area is 149 Å². The number of hydrogen-bond donors (Lipinski definition) is 1. The van der Waals surface area contributed by atoms with E-state index in [1.54, 1.807) is 7.11 Å². The molecule has 0 radical (unpaired) electrons. The molecule has 1 aromatic carbocycles. The summed E-state index contributed by atoms with van der Waals surface area (Å²) in [7, 11) is 1.59. The van der Waals surface area contributed by atoms with Crippen LogP contribution in [0.3, 0.4) is 0 Å². The van der Waals surface area contributed by atoms with Crippen molar-refractivity contribution >= 4 is 5.91 Å². The Morgan fingerprint density at radius 3 is 2.88 bits per heavy atom. The average Bonchev–Trinajstić information content (AvgIpc) is 2.65. The van der Waals surface area contributed by atoms with Crippen LogP contribution in [0.15, 0.2) is 30.9 Å². The van der Waals surface area contributed by atoms with E-state index < -0.39 is 0 Å². The number of methoxy groups -OCH3 is 1. The van der Waals surface area contributed by atoms with Crippen molar-refractivity contribution in [3.63, 3.8) is 0 Å². The Morgan fingerprint density at radius 2 is 2.16 bits per heavy atom. The van der Waals surface area contributed by atoms with Gasteiger partial charge < -0.3 is 19.5 Å². The highest BCUT2D eigenvalue weighted by molar-refractivity contribution is 5.77. The molecule has 0 aliphatic carbocycles. The molecule has 0 atom stereocenters. The fourth-order valence-electron chi connectivity index (χ4n) is 2.67. The van der Waals surface area contributed by atoms with Gasteiger partial charge in [-0.2, -0.15) is 0 Å². The monoisotopic (exact) mass is 348 g/mol. The van der Waals surface area contributed by atoms with Crippen LogP contribution in [0.5, 0.6) is 11.5 Å². The zero-order chi connectivity index (χ0) is 17.9. The van der Waals surface area contributed by atoms with Crippen LogP contribution in [0, 0.1) is 0 Å². The molecular formula is C19H28N2O4. The molecule has 0 unspecified atom stereocenters. The molecule has 1 aromatic rings. The van der Waals surface area contributed by atoms with E-state index in [2.05, 4.69) is 16.8 Å². The maximum Gasteiger partial charge on any atom is 0.257 e. The number of carbonyl (C=O) groups is 1. The zero-order valence-electron chi connectivity index (χ0n) is 15.0. The molecule has 0 aromatic heterocycles. The predicted molar refractivity (Wildman–Crippen MR) is 97.3 cm³/mol. The molecule has 1 fully saturated rings. The smallest absolute Gasteiger partial charge is 0.257 e. The van der Waals surface area contributed by atoms with Gasteiger partial charge in [0.1, 0.15) is 0 Å². The van der Waals surface area contributed by atoms with Crippen molar-refractivity contribution in [1.82, 2.24) is 10.2 Å². The Balaban J connectivity index is 1.67. The molecule has 0 saturated carbocycles. The van der Waals surface area contributed by atoms with Crippen LogP contribution in [-0.4, -0.2) is 63.9 Å². The Kier molecular flexibility index (Phi) is 8.28. The highest BCUT2D eigenvalue weighted by Gasteiger charge is 2.10. The summed E-state index contributed by atoms with van der Waals surface area (Å²) in [4.78, 5) is 14.3. The molecule has 0 spiro atoms. The Morgan fingerprint density at radius 1 is 1.36 bits per heavy atom. The fraction of sp³-hybridized carbons (Fsp3) is 0.526. The summed E-state index contributed by atoms with van der Waals surface area (Å²) in [5.74, 6) is 1.07. The summed E-state index contributed by atoms with van der Waals surface area (Å²) in [5.41, 5.74) is 1.09. The first-order valence-corrected chi connectivity index (χ1v) is 8.70. The van der Waals surface area contributed by atoms with E-state index >= 15 is 0 Å². The molecule has 1 heterocycles. The highest BCUT2D eigenvalue weighted by Crippen LogP contribution is 2.28. The molecule has 1 N–H and O–H groups in total. The van der Waals surface area contributed by atoms with Gasteiger partial charge in [-0.15, -0.1) is 6.58 Å². The minimum absolute atomic E-state index is 0.0191. The van der Waals surface area contributed by atoms with E-state index in [4.69, 9.17) is 14.2 Å². The van der Waals surface area contributed by atoms with Crippen LogP contribution in [-0.2, 0) is 16.0 Å². The number of ether oxygens (including phenoxy) is 3. The van der Waals surface area contributed by atoms with E-state index in [-0.39, 0.29) is 12.5 Å². The molecule has 6 nitrogen and oxygen atoms in total. The maximum absolute atomic E-state index is 11.9. The van der Waals surface area contributed by atoms with Gasteiger partial charge in [-0.05, 0) is 37.1 Å². The van der Waals surface area contributed by atoms with E-state index in [1.807, 2.05) is 24.3 Å². The van der Waals surface area contributed by atoms with Crippen molar-refractivity contribution in [3.05, 3.63) is 36.4 Å². The second-order valence-electron chi connectivity index (χ2n) is 5.92. The van der Waals surface area contributed by atoms with E-state index in [0.29, 0.717) is 18.0 Å². The third-order valence-electron chi connectivity index (χ3n) is 4.04. The first kappa shape index (κ1) is 19.3. The van der Waals surface area contributed by atoms with Gasteiger partial charge in [0.15, 0.2) is 18.1 Å². The van der Waals surface area contributed by atoms with Gasteiger partial charge in [-0.1, -0.05) is 12.1 Å². The van der Waals surface area contributed by atoms with Crippen molar-refractivity contribution in [2.75, 3.05) is 53.1 Å². The number of nitrogens with one attached hydrogen (secondary N) is 1. The normalized spacial score (nSPS) is 14.8. The third kappa shape index (κ3) is 6.76. The molecule has 138 valence electrons. The number of rotatable bonds is 10. The number of morpholine rings is 1. The average molecular weight is 348 g/mol. The van der Waals surface area contributed by atoms with Gasteiger partial charge in [0, 0.05) is 19.6 Å². The fourth-order valence-corrected chi connectivity index (χ4v) is 2.67. The van der Waals surface area contributed by atoms with Gasteiger partial charge in [-0.3, -0.25) is 9.69 Å². The highest BCUT2D eigenvalue weighted by atomic mass is 16.5. The van der Waals surface area contributed by atoms with Gasteiger partial charge in [-0.25, -0.2) is 0 Å². The number of benzene rings is 1. The molecule has 2 rings (SSSR count). The number of carbonyl (C=O) groups excluding carboxylic acids is 1. The lowest BCUT2D eigenvalue weighted by Crippen LogP contribution is -2.38. The zero-order valence-corrected chi connectivity index (χ0v) is 15.0. The molecule has 1 aliphatic rings. The van der Waals surface area contributed by atoms with Crippen LogP contribution < -0.4 is 14.8 Å². The minimum Gasteiger partial charge on any atom is -0.493 e. The summed E-state index contributed by atoms with van der Waals surface area (Å²) < 4.78 is 16.2. The van der Waals surface area contributed by atoms with E-state index in [1.165, 1.54) is 0 Å². The first-order valence-electron chi connectivity index (χ1n) is 8.70. The molecule has 0 bridgehead atoms. The van der Waals surface area contributed by atoms with Crippen LogP contribution in [0.4, 0.5) is 0 Å². The second-order valence-corrected chi connectivity index (χ2v) is 5.92. The van der Waals surface area contributed by atoms with Crippen molar-refractivity contribution in [1.29, 1.82) is 0 Å². The Hall–Kier alpha value is -2.05. The minimum atomic E-state index is -0.126. The standard InChI is InChI=1S/C19H28N2O4/c1-3-5-16-6-7-17(18(14-16)23-2)25-15-19(22)20-8-4-9-21-10-12-24-13-11-21/h3,6-7,14H,1,4-5,8-13,15H2,2H3,(H,20,22). The predicted octanol–water partition coefficient (Wildman–Crippen LogP) is 1.64. The van der Waals surface area contributed by atoms with Crippen LogP contribution in [0.25, 0.3) is 0 Å². The third-order valence-corrected chi connectivity index (χ3v) is 4.04. The first-order chi connectivity index (χ1) is 12.2. The van der Waals surface area contributed by atoms with Crippen molar-refractivity contribution in [2.24, 2.45) is 0 Å². The number of nitrogens with zero attached hydrogens (tertiary/aromatic N) is 1. The van der Waals surface area contributed by atoms with Crippen molar-refractivity contribution in [3.8, 4) is 11.5 Å². The van der Waals surface area contributed by atoms with Gasteiger partial charge in [0.2, 0.25) is 0 Å². The van der Waals surface area contributed by atoms with E-state index in [9.17, 15) is 4.79 Å². The summed E-state index contributed by atoms with van der Waals surface area (Å²) >= 11 is 0. The molecule has 1 amide bonds. The number of hydrogen-bond acceptors (Lipinski definition) is 5. The number of allylic oxidation sites excluding steroid dienone is 1. The van der Waals surface area contributed by atoms with Gasteiger partial charge >= 0.3 is 0 Å². The molecular weight excluding hydrogens is 320 g/mol. The molecule has 6 heteroatoms. The van der Waals surface area contributed by atoms with Crippen LogP contribution in [0.1, 0.15) is 12.0 Å². The topological polar surface area (TPSA) is 60.0 Å². The Bertz CT molecular complexity index is 556. The summed E-state index contributed by atoms with van der Waals surface area (Å²) in [5, 5.41) is 2.89. The lowest BCUT2D eigenvalue weighted by atomic mass is 10.1. The van der Waals surface area contributed by atoms with Crippen molar-refractivity contribution < 1.29 is 19.0 Å². The summed E-state index contributed by atoms with van der Waals surface area (Å²) in [6, 6.07) is 5.67. The van der Waals surface area contributed by atoms with E-state index in [0.717, 1.165) is 51.3 Å². The van der Waals surface area contributed by atoms with Gasteiger partial charge in [0.05, 0.1) is 20.3 Å². The maximum atomic E-state index is 11.9. The second kappa shape index (κ2) is 10.7. The quantitative estimate of drug-likeness (QED) is 0.515. The lowest BCUT2D eigenvalue weighted by molar-refractivity contribution is -0.123. The van der Waals surface area contributed by atoms with Gasteiger partial charge in [0.25, 0.3) is 5.91 Å². The molecule has 25 heavy (non-hydrogen) atoms. The van der Waals surface area contributed by atoms with Crippen molar-refractivity contribution in [2.45, 2.75) is 12.8 Å².